The molecule has 1 heterocycles. The smallest absolute Gasteiger partial charge is 0.208 e. The Hall–Kier alpha value is -5.70. The van der Waals surface area contributed by atoms with Crippen molar-refractivity contribution in [2.75, 3.05) is 10.6 Å². The van der Waals surface area contributed by atoms with E-state index in [-0.39, 0.29) is 11.4 Å². The van der Waals surface area contributed by atoms with Crippen molar-refractivity contribution in [3.63, 3.8) is 0 Å². The first-order valence-corrected chi connectivity index (χ1v) is 15.0. The van der Waals surface area contributed by atoms with Gasteiger partial charge in [-0.1, -0.05) is 133 Å². The molecule has 0 aromatic heterocycles. The van der Waals surface area contributed by atoms with Crippen LogP contribution in [0.4, 0.5) is 11.4 Å². The van der Waals surface area contributed by atoms with Gasteiger partial charge in [-0.25, -0.2) is 0 Å². The van der Waals surface area contributed by atoms with Crippen LogP contribution in [0.25, 0.3) is 0 Å². The molecule has 1 aliphatic heterocycles. The maximum Gasteiger partial charge on any atom is 0.208 e. The minimum absolute atomic E-state index is 0.264. The monoisotopic (exact) mass is 606 g/mol. The molecule has 2 unspecified atom stereocenters. The van der Waals surface area contributed by atoms with Crippen LogP contribution in [0.2, 0.25) is 0 Å². The van der Waals surface area contributed by atoms with Crippen LogP contribution in [0.5, 0.6) is 0 Å². The van der Waals surface area contributed by atoms with Crippen LogP contribution in [0.15, 0.2) is 160 Å². The molecule has 2 atom stereocenters. The Balaban J connectivity index is 1.66. The summed E-state index contributed by atoms with van der Waals surface area (Å²) in [6, 6.07) is 43.0. The van der Waals surface area contributed by atoms with Gasteiger partial charge in [0.1, 0.15) is 11.4 Å². The molecule has 0 spiro atoms. The Kier molecular flexibility index (Phi) is 8.65. The van der Waals surface area contributed by atoms with Crippen LogP contribution in [0.1, 0.15) is 34.7 Å². The van der Waals surface area contributed by atoms with E-state index in [2.05, 4.69) is 31.0 Å². The lowest BCUT2D eigenvalue weighted by Gasteiger charge is -2.36. The molecule has 0 bridgehead atoms. The third-order valence-electron chi connectivity index (χ3n) is 7.77. The molecule has 6 rings (SSSR count). The van der Waals surface area contributed by atoms with Gasteiger partial charge in [-0.05, 0) is 25.5 Å². The molecule has 0 aliphatic carbocycles. The predicted molar refractivity (Wildman–Crippen MR) is 187 cm³/mol. The molecule has 0 saturated carbocycles. The third-order valence-corrected chi connectivity index (χ3v) is 7.77. The quantitative estimate of drug-likeness (QED) is 0.179. The molecule has 4 N–H and O–H groups in total. The second kappa shape index (κ2) is 13.1. The number of aryl methyl sites for hydroxylation is 1. The number of hydrogen-bond acceptors (Lipinski definition) is 8. The van der Waals surface area contributed by atoms with Crippen molar-refractivity contribution >= 4 is 34.7 Å². The van der Waals surface area contributed by atoms with E-state index in [0.29, 0.717) is 39.3 Å². The lowest BCUT2D eigenvalue weighted by Crippen LogP contribution is -2.46. The molecular formula is C38H34N6O2. The number of aliphatic hydroxyl groups is 2. The molecule has 0 saturated heterocycles. The second-order valence-corrected chi connectivity index (χ2v) is 11.0. The number of nitrogens with one attached hydrogen (secondary N) is 2. The molecule has 8 heteroatoms. The molecule has 46 heavy (non-hydrogen) atoms. The van der Waals surface area contributed by atoms with E-state index in [4.69, 9.17) is 0 Å². The lowest BCUT2D eigenvalue weighted by atomic mass is 9.90. The van der Waals surface area contributed by atoms with Crippen LogP contribution in [0, 0.1) is 6.92 Å². The standard InChI is InChI=1S/C38H34N6O2/c1-27-16-15-25-33-34(27)41-38(46,32-23-13-6-14-24-32)36(30-19-9-4-10-20-30)44-42-28(2)26-39-43-35(29-17-7-3-8-18-29)37(45,40-33)31-21-11-5-12-22-31/h3-26,40-41,45-46H,1-2H3/b39-26+,42-28+,43-35-,44-36-. The maximum atomic E-state index is 12.8. The van der Waals surface area contributed by atoms with Crippen molar-refractivity contribution in [1.82, 2.24) is 0 Å². The summed E-state index contributed by atoms with van der Waals surface area (Å²) in [4.78, 5) is 0. The molecular weight excluding hydrogens is 572 g/mol. The number of fused-ring (bicyclic) bond motifs is 1. The highest BCUT2D eigenvalue weighted by Crippen LogP contribution is 2.38. The van der Waals surface area contributed by atoms with Gasteiger partial charge in [0, 0.05) is 22.3 Å². The minimum atomic E-state index is -1.86. The summed E-state index contributed by atoms with van der Waals surface area (Å²) in [5.74, 6) is 0. The molecule has 1 aliphatic rings. The number of anilines is 2. The highest BCUT2D eigenvalue weighted by Gasteiger charge is 2.41. The fraction of sp³-hybridized carbons (Fsp3) is 0.105. The van der Waals surface area contributed by atoms with E-state index in [1.54, 1.807) is 6.92 Å². The van der Waals surface area contributed by atoms with Crippen LogP contribution < -0.4 is 10.6 Å². The molecule has 8 nitrogen and oxygen atoms in total. The van der Waals surface area contributed by atoms with Gasteiger partial charge < -0.3 is 20.8 Å². The Bertz CT molecular complexity index is 1930. The van der Waals surface area contributed by atoms with Crippen LogP contribution >= 0.6 is 0 Å². The Morgan fingerprint density at radius 2 is 0.978 bits per heavy atom. The summed E-state index contributed by atoms with van der Waals surface area (Å²) in [6.07, 6.45) is 1.47. The summed E-state index contributed by atoms with van der Waals surface area (Å²) >= 11 is 0. The highest BCUT2D eigenvalue weighted by atomic mass is 16.3. The minimum Gasteiger partial charge on any atom is -0.362 e. The Morgan fingerprint density at radius 1 is 0.500 bits per heavy atom. The van der Waals surface area contributed by atoms with Gasteiger partial charge in [0.15, 0.2) is 0 Å². The van der Waals surface area contributed by atoms with E-state index < -0.39 is 11.4 Å². The van der Waals surface area contributed by atoms with Crippen LogP contribution in [-0.2, 0) is 11.4 Å². The van der Waals surface area contributed by atoms with Crippen molar-refractivity contribution in [3.8, 4) is 0 Å². The average molecular weight is 607 g/mol. The van der Waals surface area contributed by atoms with Crippen molar-refractivity contribution < 1.29 is 10.2 Å². The van der Waals surface area contributed by atoms with Gasteiger partial charge in [-0.15, -0.1) is 10.2 Å². The summed E-state index contributed by atoms with van der Waals surface area (Å²) in [6.45, 7) is 3.68. The number of nitrogens with zero attached hydrogens (tertiary/aromatic N) is 4. The van der Waals surface area contributed by atoms with E-state index in [1.807, 2.05) is 146 Å². The zero-order valence-corrected chi connectivity index (χ0v) is 25.5. The summed E-state index contributed by atoms with van der Waals surface area (Å²) in [5.41, 5.74) is 1.52. The number of rotatable bonds is 4. The largest absolute Gasteiger partial charge is 0.362 e. The van der Waals surface area contributed by atoms with Crippen LogP contribution in [-0.4, -0.2) is 33.6 Å². The molecule has 5 aromatic rings. The molecule has 5 aromatic carbocycles. The van der Waals surface area contributed by atoms with E-state index >= 15 is 0 Å². The summed E-state index contributed by atoms with van der Waals surface area (Å²) < 4.78 is 0. The highest BCUT2D eigenvalue weighted by molar-refractivity contribution is 6.29. The third kappa shape index (κ3) is 6.12. The zero-order valence-electron chi connectivity index (χ0n) is 25.5. The SMILES string of the molecule is CC1=N\N=C(\c2ccccc2)C(O)(c2ccccc2)Nc2c(C)cccc2NC(O)(c2ccccc2)/C(c2ccccc2)=N\N=C\1. The predicted octanol–water partition coefficient (Wildman–Crippen LogP) is 6.86. The van der Waals surface area contributed by atoms with Gasteiger partial charge in [0.25, 0.3) is 0 Å². The van der Waals surface area contributed by atoms with E-state index in [0.717, 1.165) is 5.56 Å². The number of para-hydroxylation sites is 1. The molecule has 0 amide bonds. The fourth-order valence-corrected chi connectivity index (χ4v) is 5.40. The van der Waals surface area contributed by atoms with Crippen molar-refractivity contribution in [2.45, 2.75) is 25.3 Å². The summed E-state index contributed by atoms with van der Waals surface area (Å²) in [7, 11) is 0. The van der Waals surface area contributed by atoms with Gasteiger partial charge in [0.05, 0.1) is 23.3 Å². The number of benzene rings is 5. The van der Waals surface area contributed by atoms with Gasteiger partial charge >= 0.3 is 0 Å². The lowest BCUT2D eigenvalue weighted by molar-refractivity contribution is 0.140. The first kappa shape index (κ1) is 30.3. The van der Waals surface area contributed by atoms with E-state index in [1.165, 1.54) is 6.21 Å². The zero-order chi connectivity index (χ0) is 32.0. The van der Waals surface area contributed by atoms with E-state index in [9.17, 15) is 10.2 Å². The van der Waals surface area contributed by atoms with Gasteiger partial charge in [-0.2, -0.15) is 10.2 Å². The molecule has 228 valence electrons. The van der Waals surface area contributed by atoms with Crippen molar-refractivity contribution in [1.29, 1.82) is 0 Å². The van der Waals surface area contributed by atoms with Gasteiger partial charge in [0.2, 0.25) is 11.4 Å². The second-order valence-electron chi connectivity index (χ2n) is 11.0. The van der Waals surface area contributed by atoms with Crippen molar-refractivity contribution in [3.05, 3.63) is 167 Å². The Labute approximate surface area is 268 Å². The van der Waals surface area contributed by atoms with Crippen molar-refractivity contribution in [2.24, 2.45) is 20.4 Å². The molecule has 0 fully saturated rings. The maximum absolute atomic E-state index is 12.8. The topological polar surface area (TPSA) is 114 Å². The van der Waals surface area contributed by atoms with Gasteiger partial charge in [-0.3, -0.25) is 0 Å². The normalized spacial score (nSPS) is 24.2. The molecule has 0 radical (unpaired) electrons. The summed E-state index contributed by atoms with van der Waals surface area (Å²) in [5, 5.41) is 50.5. The fourth-order valence-electron chi connectivity index (χ4n) is 5.40. The first-order chi connectivity index (χ1) is 22.4. The Morgan fingerprint density at radius 3 is 1.52 bits per heavy atom. The first-order valence-electron chi connectivity index (χ1n) is 15.0. The number of hydrogen-bond donors (Lipinski definition) is 4. The van der Waals surface area contributed by atoms with Crippen LogP contribution in [0.3, 0.4) is 0 Å². The average Bonchev–Trinajstić information content (AvgIpc) is 3.09.